The summed E-state index contributed by atoms with van der Waals surface area (Å²) in [5, 5.41) is 0. The molecule has 0 rings (SSSR count). The molecule has 0 saturated carbocycles. The molecular weight excluding hydrogens is 160 g/mol. The van der Waals surface area contributed by atoms with Crippen molar-refractivity contribution in [3.8, 4) is 0 Å². The van der Waals surface area contributed by atoms with E-state index in [1.807, 2.05) is 0 Å². The van der Waals surface area contributed by atoms with Crippen LogP contribution in [-0.2, 0) is 4.74 Å². The summed E-state index contributed by atoms with van der Waals surface area (Å²) in [5.74, 6) is 0.720. The molecule has 0 bridgehead atoms. The number of unbranched alkanes of at least 4 members (excludes halogenated alkanes) is 2. The number of hydrogen-bond acceptors (Lipinski definition) is 1. The molecule has 0 aromatic rings. The molecule has 1 unspecified atom stereocenters. The molecule has 0 aromatic heterocycles. The van der Waals surface area contributed by atoms with E-state index < -0.39 is 0 Å². The second-order valence-corrected chi connectivity index (χ2v) is 4.12. The molecule has 0 aliphatic heterocycles. The predicted molar refractivity (Wildman–Crippen MR) is 58.7 cm³/mol. The summed E-state index contributed by atoms with van der Waals surface area (Å²) < 4.78 is 5.74. The van der Waals surface area contributed by atoms with Gasteiger partial charge in [-0.15, -0.1) is 0 Å². The summed E-state index contributed by atoms with van der Waals surface area (Å²) in [7, 11) is 0. The molecule has 0 amide bonds. The lowest BCUT2D eigenvalue weighted by Gasteiger charge is -2.17. The zero-order chi connectivity index (χ0) is 10.1. The Morgan fingerprint density at radius 1 is 1.23 bits per heavy atom. The van der Waals surface area contributed by atoms with Gasteiger partial charge in [0.25, 0.3) is 0 Å². The molecule has 1 heteroatoms. The molecule has 0 aromatic carbocycles. The molecule has 0 aliphatic carbocycles. The van der Waals surface area contributed by atoms with Crippen LogP contribution in [0, 0.1) is 12.8 Å². The normalized spacial score (nSPS) is 13.6. The van der Waals surface area contributed by atoms with Crippen molar-refractivity contribution in [2.24, 2.45) is 5.92 Å². The van der Waals surface area contributed by atoms with Crippen molar-refractivity contribution in [2.75, 3.05) is 6.61 Å². The third-order valence-corrected chi connectivity index (χ3v) is 2.16. The van der Waals surface area contributed by atoms with Crippen LogP contribution in [0.25, 0.3) is 0 Å². The van der Waals surface area contributed by atoms with Gasteiger partial charge in [-0.3, -0.25) is 0 Å². The van der Waals surface area contributed by atoms with Crippen LogP contribution in [0.4, 0.5) is 0 Å². The second-order valence-electron chi connectivity index (χ2n) is 4.12. The Morgan fingerprint density at radius 2 is 1.92 bits per heavy atom. The molecule has 1 atom stereocenters. The topological polar surface area (TPSA) is 9.23 Å². The van der Waals surface area contributed by atoms with Gasteiger partial charge in [0.2, 0.25) is 0 Å². The van der Waals surface area contributed by atoms with Crippen molar-refractivity contribution < 1.29 is 4.74 Å². The van der Waals surface area contributed by atoms with Crippen LogP contribution in [0.3, 0.4) is 0 Å². The first-order valence-electron chi connectivity index (χ1n) is 5.61. The molecule has 1 radical (unpaired) electrons. The smallest absolute Gasteiger partial charge is 0.0577 e. The maximum Gasteiger partial charge on any atom is 0.0577 e. The summed E-state index contributed by atoms with van der Waals surface area (Å²) in [5.41, 5.74) is 0. The largest absolute Gasteiger partial charge is 0.378 e. The average Bonchev–Trinajstić information content (AvgIpc) is 2.09. The Balaban J connectivity index is 3.36. The molecule has 0 fully saturated rings. The highest BCUT2D eigenvalue weighted by Crippen LogP contribution is 2.11. The standard InChI is InChI=1S/C12H25O/c1-5-7-8-9-13-12(6-2)10-11(3)4/h11-12H,2,5-10H2,1,3-4H3. The molecule has 0 spiro atoms. The first-order valence-corrected chi connectivity index (χ1v) is 5.61. The summed E-state index contributed by atoms with van der Waals surface area (Å²) in [6.07, 6.45) is 6.19. The van der Waals surface area contributed by atoms with Gasteiger partial charge in [0.1, 0.15) is 0 Å². The molecule has 0 aliphatic rings. The van der Waals surface area contributed by atoms with Crippen LogP contribution in [0.5, 0.6) is 0 Å². The highest BCUT2D eigenvalue weighted by molar-refractivity contribution is 4.62. The van der Waals surface area contributed by atoms with E-state index in [-0.39, 0.29) is 0 Å². The van der Waals surface area contributed by atoms with E-state index in [9.17, 15) is 0 Å². The maximum absolute atomic E-state index is 5.74. The van der Waals surface area contributed by atoms with Gasteiger partial charge in [-0.2, -0.15) is 0 Å². The maximum atomic E-state index is 5.74. The molecule has 0 heterocycles. The van der Waals surface area contributed by atoms with Gasteiger partial charge < -0.3 is 4.74 Å². The Hall–Kier alpha value is -0.0400. The minimum Gasteiger partial charge on any atom is -0.378 e. The van der Waals surface area contributed by atoms with Crippen LogP contribution in [0.15, 0.2) is 0 Å². The highest BCUT2D eigenvalue weighted by Gasteiger charge is 2.08. The summed E-state index contributed by atoms with van der Waals surface area (Å²) >= 11 is 0. The molecule has 0 N–H and O–H groups in total. The van der Waals surface area contributed by atoms with Crippen LogP contribution < -0.4 is 0 Å². The Morgan fingerprint density at radius 3 is 2.38 bits per heavy atom. The van der Waals surface area contributed by atoms with Crippen LogP contribution in [-0.4, -0.2) is 12.7 Å². The zero-order valence-corrected chi connectivity index (χ0v) is 9.51. The number of rotatable bonds is 8. The van der Waals surface area contributed by atoms with E-state index in [0.29, 0.717) is 6.10 Å². The minimum absolute atomic E-state index is 0.386. The van der Waals surface area contributed by atoms with Crippen molar-refractivity contribution in [3.63, 3.8) is 0 Å². The van der Waals surface area contributed by atoms with Crippen molar-refractivity contribution in [1.82, 2.24) is 0 Å². The molecule has 0 saturated heterocycles. The van der Waals surface area contributed by atoms with Crippen LogP contribution in [0.1, 0.15) is 52.9 Å². The van der Waals surface area contributed by atoms with E-state index in [2.05, 4.69) is 27.7 Å². The van der Waals surface area contributed by atoms with Crippen molar-refractivity contribution >= 4 is 0 Å². The first-order chi connectivity index (χ1) is 6.20. The zero-order valence-electron chi connectivity index (χ0n) is 9.51. The monoisotopic (exact) mass is 185 g/mol. The first kappa shape index (κ1) is 13.0. The fourth-order valence-corrected chi connectivity index (χ4v) is 1.40. The van der Waals surface area contributed by atoms with E-state index >= 15 is 0 Å². The van der Waals surface area contributed by atoms with Gasteiger partial charge in [0, 0.05) is 6.61 Å². The lowest BCUT2D eigenvalue weighted by molar-refractivity contribution is 0.0386. The van der Waals surface area contributed by atoms with Crippen molar-refractivity contribution in [3.05, 3.63) is 6.92 Å². The van der Waals surface area contributed by atoms with Gasteiger partial charge in [0.15, 0.2) is 0 Å². The van der Waals surface area contributed by atoms with Crippen molar-refractivity contribution in [1.29, 1.82) is 0 Å². The lowest BCUT2D eigenvalue weighted by Crippen LogP contribution is -2.15. The van der Waals surface area contributed by atoms with E-state index in [4.69, 9.17) is 4.74 Å². The summed E-state index contributed by atoms with van der Waals surface area (Å²) in [6.45, 7) is 11.5. The fraction of sp³-hybridized carbons (Fsp3) is 0.917. The SMILES string of the molecule is [CH2]CC(CC(C)C)OCCCCC. The van der Waals surface area contributed by atoms with E-state index in [0.717, 1.165) is 25.4 Å². The second kappa shape index (κ2) is 8.55. The molecule has 79 valence electrons. The van der Waals surface area contributed by atoms with Gasteiger partial charge in [0.05, 0.1) is 6.10 Å². The van der Waals surface area contributed by atoms with Crippen molar-refractivity contribution in [2.45, 2.75) is 59.0 Å². The summed E-state index contributed by atoms with van der Waals surface area (Å²) in [4.78, 5) is 0. The van der Waals surface area contributed by atoms with E-state index in [1.165, 1.54) is 19.3 Å². The minimum atomic E-state index is 0.386. The van der Waals surface area contributed by atoms with Crippen LogP contribution in [0.2, 0.25) is 0 Å². The third-order valence-electron chi connectivity index (χ3n) is 2.16. The lowest BCUT2D eigenvalue weighted by atomic mass is 10.0. The Bertz CT molecular complexity index is 99.3. The highest BCUT2D eigenvalue weighted by atomic mass is 16.5. The Kier molecular flexibility index (Phi) is 8.53. The summed E-state index contributed by atoms with van der Waals surface area (Å²) in [6, 6.07) is 0. The van der Waals surface area contributed by atoms with Gasteiger partial charge in [-0.1, -0.05) is 40.5 Å². The number of ether oxygens (including phenoxy) is 1. The molecular formula is C12H25O. The predicted octanol–water partition coefficient (Wildman–Crippen LogP) is 3.83. The van der Waals surface area contributed by atoms with Crippen LogP contribution >= 0.6 is 0 Å². The molecule has 13 heavy (non-hydrogen) atoms. The average molecular weight is 185 g/mol. The molecule has 1 nitrogen and oxygen atoms in total. The van der Waals surface area contributed by atoms with Gasteiger partial charge >= 0.3 is 0 Å². The van der Waals surface area contributed by atoms with Gasteiger partial charge in [-0.05, 0) is 25.2 Å². The quantitative estimate of drug-likeness (QED) is 0.522. The van der Waals surface area contributed by atoms with E-state index in [1.54, 1.807) is 0 Å². The Labute approximate surface area is 83.9 Å². The van der Waals surface area contributed by atoms with Gasteiger partial charge in [-0.25, -0.2) is 0 Å². The third kappa shape index (κ3) is 8.29. The fourth-order valence-electron chi connectivity index (χ4n) is 1.40. The number of hydrogen-bond donors (Lipinski definition) is 0.